The molecule has 8 heteroatoms. The average molecular weight is 387 g/mol. The molecule has 1 atom stereocenters. The van der Waals surface area contributed by atoms with E-state index in [0.29, 0.717) is 24.4 Å². The lowest BCUT2D eigenvalue weighted by Gasteiger charge is -2.16. The number of ether oxygens (including phenoxy) is 1. The summed E-state index contributed by atoms with van der Waals surface area (Å²) in [5.74, 6) is 0.425. The molecule has 0 aromatic carbocycles. The van der Waals surface area contributed by atoms with Gasteiger partial charge < -0.3 is 20.8 Å². The van der Waals surface area contributed by atoms with E-state index in [1.54, 1.807) is 6.08 Å². The summed E-state index contributed by atoms with van der Waals surface area (Å²) in [6, 6.07) is 0. The highest BCUT2D eigenvalue weighted by Crippen LogP contribution is 2.25. The Labute approximate surface area is 129 Å². The van der Waals surface area contributed by atoms with Crippen LogP contribution in [0.25, 0.3) is 11.0 Å². The Balaban J connectivity index is 2.35. The van der Waals surface area contributed by atoms with Gasteiger partial charge in [0.1, 0.15) is 23.9 Å². The van der Waals surface area contributed by atoms with E-state index in [-0.39, 0.29) is 0 Å². The van der Waals surface area contributed by atoms with Crippen LogP contribution in [0.5, 0.6) is 0 Å². The van der Waals surface area contributed by atoms with E-state index < -0.39 is 12.2 Å². The molecule has 2 rings (SSSR count). The first-order chi connectivity index (χ1) is 9.52. The number of amides is 1. The molecule has 0 aliphatic carbocycles. The van der Waals surface area contributed by atoms with Gasteiger partial charge in [-0.05, 0) is 22.6 Å². The minimum Gasteiger partial charge on any atom is -0.444 e. The van der Waals surface area contributed by atoms with Crippen LogP contribution in [0.1, 0.15) is 6.42 Å². The molecule has 7 nitrogen and oxygen atoms in total. The van der Waals surface area contributed by atoms with Crippen LogP contribution in [0.2, 0.25) is 0 Å². The van der Waals surface area contributed by atoms with Crippen molar-refractivity contribution in [1.82, 2.24) is 14.5 Å². The standard InChI is InChI=1S/C12H14IN5O2/c1-2-3-7(20-12(15)19)4-18-5-8(13)9-10(14)16-6-17-11(9)18/h2,5-7H,1,3-4H2,(H2,15,19)(H2,14,16,17). The Hall–Kier alpha value is -1.84. The van der Waals surface area contributed by atoms with Gasteiger partial charge in [0, 0.05) is 16.2 Å². The first-order valence-electron chi connectivity index (χ1n) is 5.84. The van der Waals surface area contributed by atoms with E-state index in [2.05, 4.69) is 39.1 Å². The van der Waals surface area contributed by atoms with Crippen molar-refractivity contribution in [2.75, 3.05) is 5.73 Å². The van der Waals surface area contributed by atoms with E-state index in [1.165, 1.54) is 6.33 Å². The quantitative estimate of drug-likeness (QED) is 0.599. The van der Waals surface area contributed by atoms with E-state index >= 15 is 0 Å². The number of hydrogen-bond acceptors (Lipinski definition) is 5. The second kappa shape index (κ2) is 6.07. The van der Waals surface area contributed by atoms with Crippen molar-refractivity contribution in [3.05, 3.63) is 28.7 Å². The van der Waals surface area contributed by atoms with E-state index in [9.17, 15) is 4.79 Å². The third-order valence-corrected chi connectivity index (χ3v) is 3.57. The maximum atomic E-state index is 10.9. The van der Waals surface area contributed by atoms with Crippen LogP contribution in [0, 0.1) is 3.57 Å². The number of rotatable bonds is 5. The van der Waals surface area contributed by atoms with Crippen molar-refractivity contribution < 1.29 is 9.53 Å². The monoisotopic (exact) mass is 387 g/mol. The third-order valence-electron chi connectivity index (χ3n) is 2.75. The van der Waals surface area contributed by atoms with Gasteiger partial charge in [0.05, 0.1) is 11.9 Å². The summed E-state index contributed by atoms with van der Waals surface area (Å²) < 4.78 is 7.86. The number of carbonyl (C=O) groups is 1. The number of hydrogen-bond donors (Lipinski definition) is 2. The maximum absolute atomic E-state index is 10.9. The zero-order chi connectivity index (χ0) is 14.7. The first-order valence-corrected chi connectivity index (χ1v) is 6.92. The predicted octanol–water partition coefficient (Wildman–Crippen LogP) is 1.66. The van der Waals surface area contributed by atoms with Crippen molar-refractivity contribution in [3.8, 4) is 0 Å². The number of halogens is 1. The third kappa shape index (κ3) is 3.00. The molecule has 20 heavy (non-hydrogen) atoms. The fourth-order valence-electron chi connectivity index (χ4n) is 1.97. The van der Waals surface area contributed by atoms with Gasteiger partial charge in [-0.25, -0.2) is 14.8 Å². The second-order valence-corrected chi connectivity index (χ2v) is 5.33. The molecule has 2 aromatic rings. The molecule has 0 spiro atoms. The number of aromatic nitrogens is 3. The smallest absolute Gasteiger partial charge is 0.404 e. The summed E-state index contributed by atoms with van der Waals surface area (Å²) in [6.07, 6.45) is 4.26. The molecule has 0 fully saturated rings. The molecule has 2 aromatic heterocycles. The fourth-order valence-corrected chi connectivity index (χ4v) is 2.82. The highest BCUT2D eigenvalue weighted by atomic mass is 127. The van der Waals surface area contributed by atoms with Crippen LogP contribution in [-0.4, -0.2) is 26.7 Å². The Morgan fingerprint density at radius 3 is 3.00 bits per heavy atom. The zero-order valence-corrected chi connectivity index (χ0v) is 12.8. The summed E-state index contributed by atoms with van der Waals surface area (Å²) in [5.41, 5.74) is 11.6. The van der Waals surface area contributed by atoms with Crippen LogP contribution in [0.15, 0.2) is 25.2 Å². The van der Waals surface area contributed by atoms with Gasteiger partial charge >= 0.3 is 6.09 Å². The number of carbonyl (C=O) groups excluding carboxylic acids is 1. The zero-order valence-electron chi connectivity index (χ0n) is 10.6. The normalized spacial score (nSPS) is 12.2. The van der Waals surface area contributed by atoms with Crippen molar-refractivity contribution in [2.24, 2.45) is 5.73 Å². The number of nitrogens with two attached hydrogens (primary N) is 2. The molecule has 0 bridgehead atoms. The Kier molecular flexibility index (Phi) is 4.42. The van der Waals surface area contributed by atoms with Gasteiger partial charge in [-0.15, -0.1) is 6.58 Å². The minimum atomic E-state index is -0.808. The average Bonchev–Trinajstić information content (AvgIpc) is 2.67. The molecule has 1 unspecified atom stereocenters. The summed E-state index contributed by atoms with van der Waals surface area (Å²) in [7, 11) is 0. The number of anilines is 1. The van der Waals surface area contributed by atoms with Gasteiger partial charge in [0.15, 0.2) is 0 Å². The summed E-state index contributed by atoms with van der Waals surface area (Å²) >= 11 is 2.16. The Morgan fingerprint density at radius 2 is 2.35 bits per heavy atom. The van der Waals surface area contributed by atoms with Crippen LogP contribution in [0.3, 0.4) is 0 Å². The second-order valence-electron chi connectivity index (χ2n) is 4.17. The molecule has 4 N–H and O–H groups in total. The maximum Gasteiger partial charge on any atom is 0.404 e. The number of nitrogens with zero attached hydrogens (tertiary/aromatic N) is 3. The van der Waals surface area contributed by atoms with Crippen molar-refractivity contribution in [2.45, 2.75) is 19.1 Å². The molecule has 0 aliphatic heterocycles. The highest BCUT2D eigenvalue weighted by Gasteiger charge is 2.16. The largest absolute Gasteiger partial charge is 0.444 e. The Morgan fingerprint density at radius 1 is 1.60 bits per heavy atom. The lowest BCUT2D eigenvalue weighted by molar-refractivity contribution is 0.0980. The molecular formula is C12H14IN5O2. The SMILES string of the molecule is C=CCC(Cn1cc(I)c2c(N)ncnc21)OC(N)=O. The number of nitrogen functional groups attached to an aromatic ring is 1. The van der Waals surface area contributed by atoms with Crippen LogP contribution >= 0.6 is 22.6 Å². The minimum absolute atomic E-state index is 0.396. The summed E-state index contributed by atoms with van der Waals surface area (Å²) in [6.45, 7) is 4.06. The highest BCUT2D eigenvalue weighted by molar-refractivity contribution is 14.1. The summed E-state index contributed by atoms with van der Waals surface area (Å²) in [4.78, 5) is 19.1. The van der Waals surface area contributed by atoms with Crippen molar-refractivity contribution in [1.29, 1.82) is 0 Å². The Bertz CT molecular complexity index is 655. The summed E-state index contributed by atoms with van der Waals surface area (Å²) in [5, 5.41) is 0.796. The fraction of sp³-hybridized carbons (Fsp3) is 0.250. The number of primary amides is 1. The number of fused-ring (bicyclic) bond motifs is 1. The van der Waals surface area contributed by atoms with Gasteiger partial charge in [-0.2, -0.15) is 0 Å². The molecule has 106 valence electrons. The van der Waals surface area contributed by atoms with Gasteiger partial charge in [-0.3, -0.25) is 0 Å². The van der Waals surface area contributed by atoms with Gasteiger partial charge in [-0.1, -0.05) is 6.08 Å². The molecule has 0 aliphatic rings. The first kappa shape index (κ1) is 14.6. The molecule has 0 saturated carbocycles. The van der Waals surface area contributed by atoms with Gasteiger partial charge in [0.25, 0.3) is 0 Å². The molecule has 0 radical (unpaired) electrons. The van der Waals surface area contributed by atoms with E-state index in [1.807, 2.05) is 10.8 Å². The predicted molar refractivity (Wildman–Crippen MR) is 83.9 cm³/mol. The van der Waals surface area contributed by atoms with E-state index in [0.717, 1.165) is 8.96 Å². The molecule has 2 heterocycles. The van der Waals surface area contributed by atoms with E-state index in [4.69, 9.17) is 16.2 Å². The molecule has 1 amide bonds. The molecular weight excluding hydrogens is 373 g/mol. The van der Waals surface area contributed by atoms with Crippen LogP contribution in [-0.2, 0) is 11.3 Å². The lowest BCUT2D eigenvalue weighted by atomic mass is 10.2. The topological polar surface area (TPSA) is 109 Å². The van der Waals surface area contributed by atoms with Crippen LogP contribution in [0.4, 0.5) is 10.6 Å². The molecule has 0 saturated heterocycles. The van der Waals surface area contributed by atoms with Crippen LogP contribution < -0.4 is 11.5 Å². The van der Waals surface area contributed by atoms with Crippen molar-refractivity contribution >= 4 is 45.5 Å². The van der Waals surface area contributed by atoms with Gasteiger partial charge in [0.2, 0.25) is 0 Å². The van der Waals surface area contributed by atoms with Crippen molar-refractivity contribution in [3.63, 3.8) is 0 Å². The lowest BCUT2D eigenvalue weighted by Crippen LogP contribution is -2.26.